The molecule has 4 heteroatoms. The van der Waals surface area contributed by atoms with Crippen LogP contribution in [0, 0.1) is 0 Å². The molecule has 1 unspecified atom stereocenters. The molecule has 0 fully saturated rings. The second-order valence-corrected chi connectivity index (χ2v) is 7.25. The van der Waals surface area contributed by atoms with Crippen molar-refractivity contribution >= 4 is 10.1 Å². The second kappa shape index (κ2) is 7.23. The number of hydrogen-bond donors (Lipinski definition) is 0. The Labute approximate surface area is 122 Å². The third kappa shape index (κ3) is 3.83. The first-order valence-corrected chi connectivity index (χ1v) is 9.08. The fourth-order valence-electron chi connectivity index (χ4n) is 2.80. The van der Waals surface area contributed by atoms with E-state index in [1.807, 2.05) is 24.3 Å². The largest absolute Gasteiger partial charge is 0.274 e. The molecule has 0 radical (unpaired) electrons. The van der Waals surface area contributed by atoms with E-state index in [-0.39, 0.29) is 0 Å². The minimum Gasteiger partial charge on any atom is -0.270 e. The highest BCUT2D eigenvalue weighted by Gasteiger charge is 2.32. The first-order valence-electron chi connectivity index (χ1n) is 7.61. The molecule has 0 bridgehead atoms. The zero-order valence-electron chi connectivity index (χ0n) is 12.2. The third-order valence-electron chi connectivity index (χ3n) is 3.91. The van der Waals surface area contributed by atoms with Crippen molar-refractivity contribution in [1.29, 1.82) is 0 Å². The van der Waals surface area contributed by atoms with Crippen LogP contribution in [0.2, 0.25) is 0 Å². The Morgan fingerprint density at radius 1 is 1.20 bits per heavy atom. The van der Waals surface area contributed by atoms with E-state index in [1.165, 1.54) is 0 Å². The van der Waals surface area contributed by atoms with Gasteiger partial charge in [-0.2, -0.15) is 8.42 Å². The van der Waals surface area contributed by atoms with Crippen molar-refractivity contribution in [2.24, 2.45) is 0 Å². The van der Waals surface area contributed by atoms with Crippen molar-refractivity contribution in [2.45, 2.75) is 57.1 Å². The predicted molar refractivity (Wildman–Crippen MR) is 81.1 cm³/mol. The maximum absolute atomic E-state index is 12.4. The summed E-state index contributed by atoms with van der Waals surface area (Å²) in [6.07, 6.45) is 6.69. The Kier molecular flexibility index (Phi) is 5.61. The molecule has 1 aromatic carbocycles. The minimum absolute atomic E-state index is 0.320. The topological polar surface area (TPSA) is 43.4 Å². The monoisotopic (exact) mass is 296 g/mol. The molecule has 0 saturated carbocycles. The zero-order chi connectivity index (χ0) is 14.4. The standard InChI is InChI=1S/C16H24O3S/c1-2-3-4-7-13-19-20(17,18)16-12-8-10-14-9-5-6-11-15(14)16/h5-6,9,11,16H,2-4,7-8,10,12-13H2,1H3. The van der Waals surface area contributed by atoms with E-state index < -0.39 is 15.4 Å². The summed E-state index contributed by atoms with van der Waals surface area (Å²) in [7, 11) is -3.48. The van der Waals surface area contributed by atoms with Crippen molar-refractivity contribution in [3.63, 3.8) is 0 Å². The summed E-state index contributed by atoms with van der Waals surface area (Å²) in [4.78, 5) is 0. The van der Waals surface area contributed by atoms with E-state index in [0.717, 1.165) is 49.7 Å². The first kappa shape index (κ1) is 15.5. The Bertz CT molecular complexity index is 522. The summed E-state index contributed by atoms with van der Waals surface area (Å²) in [5.74, 6) is 0. The summed E-state index contributed by atoms with van der Waals surface area (Å²) in [6.45, 7) is 2.46. The van der Waals surface area contributed by atoms with Gasteiger partial charge in [-0.3, -0.25) is 4.18 Å². The minimum atomic E-state index is -3.48. The molecule has 20 heavy (non-hydrogen) atoms. The molecule has 1 aliphatic rings. The fraction of sp³-hybridized carbons (Fsp3) is 0.625. The number of rotatable bonds is 7. The van der Waals surface area contributed by atoms with Crippen LogP contribution in [0.15, 0.2) is 24.3 Å². The van der Waals surface area contributed by atoms with Gasteiger partial charge in [0.15, 0.2) is 0 Å². The Hall–Kier alpha value is -0.870. The lowest BCUT2D eigenvalue weighted by Crippen LogP contribution is -2.21. The number of aryl methyl sites for hydroxylation is 1. The van der Waals surface area contributed by atoms with Crippen molar-refractivity contribution in [3.05, 3.63) is 35.4 Å². The van der Waals surface area contributed by atoms with Gasteiger partial charge in [-0.05, 0) is 36.8 Å². The highest BCUT2D eigenvalue weighted by molar-refractivity contribution is 7.87. The Morgan fingerprint density at radius 2 is 2.00 bits per heavy atom. The lowest BCUT2D eigenvalue weighted by molar-refractivity contribution is 0.298. The molecule has 2 rings (SSSR count). The van der Waals surface area contributed by atoms with Crippen molar-refractivity contribution in [2.75, 3.05) is 6.61 Å². The highest BCUT2D eigenvalue weighted by atomic mass is 32.2. The predicted octanol–water partition coefficient (Wildman–Crippen LogP) is 3.99. The molecule has 1 aromatic rings. The van der Waals surface area contributed by atoms with Crippen LogP contribution in [0.25, 0.3) is 0 Å². The molecule has 1 atom stereocenters. The summed E-state index contributed by atoms with van der Waals surface area (Å²) in [6, 6.07) is 7.84. The van der Waals surface area contributed by atoms with Gasteiger partial charge in [0, 0.05) is 0 Å². The summed E-state index contributed by atoms with van der Waals surface area (Å²) < 4.78 is 30.0. The van der Waals surface area contributed by atoms with E-state index >= 15 is 0 Å². The van der Waals surface area contributed by atoms with E-state index in [1.54, 1.807) is 0 Å². The number of unbranched alkanes of at least 4 members (excludes halogenated alkanes) is 3. The molecule has 1 aliphatic carbocycles. The van der Waals surface area contributed by atoms with Gasteiger partial charge in [0.05, 0.1) is 6.61 Å². The zero-order valence-corrected chi connectivity index (χ0v) is 13.0. The number of fused-ring (bicyclic) bond motifs is 1. The second-order valence-electron chi connectivity index (χ2n) is 5.46. The highest BCUT2D eigenvalue weighted by Crippen LogP contribution is 2.36. The molecular formula is C16H24O3S. The average molecular weight is 296 g/mol. The third-order valence-corrected chi connectivity index (χ3v) is 5.59. The normalized spacial score (nSPS) is 18.8. The smallest absolute Gasteiger partial charge is 0.270 e. The quantitative estimate of drug-likeness (QED) is 0.564. The molecule has 0 aliphatic heterocycles. The molecule has 0 heterocycles. The Balaban J connectivity index is 2.00. The van der Waals surface area contributed by atoms with Crippen molar-refractivity contribution < 1.29 is 12.6 Å². The van der Waals surface area contributed by atoms with Crippen molar-refractivity contribution in [3.8, 4) is 0 Å². The lowest BCUT2D eigenvalue weighted by Gasteiger charge is -2.24. The van der Waals surface area contributed by atoms with E-state index in [9.17, 15) is 8.42 Å². The number of hydrogen-bond acceptors (Lipinski definition) is 3. The van der Waals surface area contributed by atoms with E-state index in [0.29, 0.717) is 13.0 Å². The molecule has 3 nitrogen and oxygen atoms in total. The molecule has 0 aromatic heterocycles. The van der Waals surface area contributed by atoms with Gasteiger partial charge in [-0.25, -0.2) is 0 Å². The fourth-order valence-corrected chi connectivity index (χ4v) is 4.31. The summed E-state index contributed by atoms with van der Waals surface area (Å²) >= 11 is 0. The Morgan fingerprint density at radius 3 is 2.80 bits per heavy atom. The molecule has 0 N–H and O–H groups in total. The van der Waals surface area contributed by atoms with Crippen LogP contribution in [0.1, 0.15) is 61.8 Å². The lowest BCUT2D eigenvalue weighted by atomic mass is 9.91. The average Bonchev–Trinajstić information content (AvgIpc) is 2.46. The van der Waals surface area contributed by atoms with Crippen molar-refractivity contribution in [1.82, 2.24) is 0 Å². The van der Waals surface area contributed by atoms with Crippen LogP contribution in [0.3, 0.4) is 0 Å². The molecule has 0 spiro atoms. The van der Waals surface area contributed by atoms with E-state index in [2.05, 4.69) is 6.92 Å². The van der Waals surface area contributed by atoms with Crippen LogP contribution in [0.5, 0.6) is 0 Å². The van der Waals surface area contributed by atoms with Crippen LogP contribution >= 0.6 is 0 Å². The maximum atomic E-state index is 12.4. The summed E-state index contributed by atoms with van der Waals surface area (Å²) in [5.41, 5.74) is 2.09. The van der Waals surface area contributed by atoms with Crippen LogP contribution in [0.4, 0.5) is 0 Å². The number of benzene rings is 1. The molecule has 112 valence electrons. The van der Waals surface area contributed by atoms with E-state index in [4.69, 9.17) is 4.18 Å². The maximum Gasteiger partial charge on any atom is 0.274 e. The van der Waals surface area contributed by atoms with Gasteiger partial charge < -0.3 is 0 Å². The molecule has 0 saturated heterocycles. The molecular weight excluding hydrogens is 272 g/mol. The van der Waals surface area contributed by atoms with Gasteiger partial charge in [-0.1, -0.05) is 50.5 Å². The van der Waals surface area contributed by atoms with Gasteiger partial charge in [0.25, 0.3) is 10.1 Å². The van der Waals surface area contributed by atoms with Gasteiger partial charge in [-0.15, -0.1) is 0 Å². The van der Waals surface area contributed by atoms with Gasteiger partial charge in [0.2, 0.25) is 0 Å². The SMILES string of the molecule is CCCCCCOS(=O)(=O)C1CCCc2ccccc21. The molecule has 0 amide bonds. The van der Waals surface area contributed by atoms with Gasteiger partial charge in [0.1, 0.15) is 5.25 Å². The first-order chi connectivity index (χ1) is 9.65. The van der Waals surface area contributed by atoms with Crippen LogP contribution in [-0.2, 0) is 20.7 Å². The summed E-state index contributed by atoms with van der Waals surface area (Å²) in [5, 5.41) is -0.473. The van der Waals surface area contributed by atoms with Crippen LogP contribution in [-0.4, -0.2) is 15.0 Å². The van der Waals surface area contributed by atoms with Crippen LogP contribution < -0.4 is 0 Å². The van der Waals surface area contributed by atoms with Gasteiger partial charge >= 0.3 is 0 Å².